The molecule has 1 aliphatic heterocycles. The molecule has 1 aliphatic rings. The molecule has 3 rings (SSSR count). The molecule has 0 saturated carbocycles. The van der Waals surface area contributed by atoms with Gasteiger partial charge in [0.2, 0.25) is 0 Å². The van der Waals surface area contributed by atoms with E-state index in [-0.39, 0.29) is 0 Å². The van der Waals surface area contributed by atoms with E-state index >= 15 is 0 Å². The molecule has 92 valence electrons. The lowest BCUT2D eigenvalue weighted by atomic mass is 10.1. The van der Waals surface area contributed by atoms with E-state index in [2.05, 4.69) is 22.2 Å². The third-order valence-corrected chi connectivity index (χ3v) is 3.15. The summed E-state index contributed by atoms with van der Waals surface area (Å²) in [6, 6.07) is 5.84. The summed E-state index contributed by atoms with van der Waals surface area (Å²) in [5.41, 5.74) is 4.45. The van der Waals surface area contributed by atoms with E-state index in [9.17, 15) is 0 Å². The zero-order valence-electron chi connectivity index (χ0n) is 10.5. The van der Waals surface area contributed by atoms with Gasteiger partial charge in [-0.25, -0.2) is 9.97 Å². The average Bonchev–Trinajstić information content (AvgIpc) is 2.88. The summed E-state index contributed by atoms with van der Waals surface area (Å²) in [6.07, 6.45) is 3.89. The van der Waals surface area contributed by atoms with E-state index in [0.29, 0.717) is 0 Å². The van der Waals surface area contributed by atoms with Crippen LogP contribution in [-0.2, 0) is 19.5 Å². The van der Waals surface area contributed by atoms with Gasteiger partial charge in [-0.2, -0.15) is 0 Å². The summed E-state index contributed by atoms with van der Waals surface area (Å²) < 4.78 is 0. The molecule has 0 aromatic carbocycles. The van der Waals surface area contributed by atoms with Crippen LogP contribution in [0.5, 0.6) is 0 Å². The van der Waals surface area contributed by atoms with Gasteiger partial charge < -0.3 is 5.32 Å². The van der Waals surface area contributed by atoms with Crippen molar-refractivity contribution in [2.75, 3.05) is 0 Å². The number of nitrogens with one attached hydrogen (secondary N) is 1. The maximum absolute atomic E-state index is 4.69. The predicted molar refractivity (Wildman–Crippen MR) is 69.8 cm³/mol. The van der Waals surface area contributed by atoms with Crippen molar-refractivity contribution < 1.29 is 0 Å². The molecule has 0 saturated heterocycles. The number of nitrogens with zero attached hydrogens (tertiary/aromatic N) is 3. The number of hydrogen-bond acceptors (Lipinski definition) is 4. The molecule has 0 bridgehead atoms. The van der Waals surface area contributed by atoms with Crippen molar-refractivity contribution in [2.45, 2.75) is 32.9 Å². The van der Waals surface area contributed by atoms with E-state index in [1.807, 2.05) is 18.2 Å². The smallest absolute Gasteiger partial charge is 0.178 e. The summed E-state index contributed by atoms with van der Waals surface area (Å²) in [5.74, 6) is 0.751. The van der Waals surface area contributed by atoms with E-state index in [4.69, 9.17) is 4.98 Å². The van der Waals surface area contributed by atoms with Crippen LogP contribution in [-0.4, -0.2) is 15.0 Å². The van der Waals surface area contributed by atoms with Gasteiger partial charge in [0.25, 0.3) is 0 Å². The molecule has 0 unspecified atom stereocenters. The maximum atomic E-state index is 4.69. The van der Waals surface area contributed by atoms with Crippen LogP contribution in [0.25, 0.3) is 11.5 Å². The highest BCUT2D eigenvalue weighted by Crippen LogP contribution is 2.22. The molecule has 4 nitrogen and oxygen atoms in total. The summed E-state index contributed by atoms with van der Waals surface area (Å²) in [6.45, 7) is 3.92. The molecule has 18 heavy (non-hydrogen) atoms. The van der Waals surface area contributed by atoms with Gasteiger partial charge in [-0.15, -0.1) is 0 Å². The van der Waals surface area contributed by atoms with Crippen molar-refractivity contribution in [3.8, 4) is 11.5 Å². The zero-order valence-corrected chi connectivity index (χ0v) is 10.5. The third kappa shape index (κ3) is 1.99. The van der Waals surface area contributed by atoms with Crippen LogP contribution >= 0.6 is 0 Å². The highest BCUT2D eigenvalue weighted by atomic mass is 15.0. The Balaban J connectivity index is 2.09. The third-order valence-electron chi connectivity index (χ3n) is 3.15. The first-order valence-corrected chi connectivity index (χ1v) is 6.39. The first-order valence-electron chi connectivity index (χ1n) is 6.39. The van der Waals surface area contributed by atoms with E-state index < -0.39 is 0 Å². The molecule has 0 radical (unpaired) electrons. The molecule has 2 aromatic rings. The minimum atomic E-state index is 0.751. The quantitative estimate of drug-likeness (QED) is 0.892. The Bertz CT molecular complexity index is 551. The minimum absolute atomic E-state index is 0.751. The standard InChI is InChI=1S/C14H16N4/c1-2-5-11-10-8-15-9-13(10)18-14(17-11)12-6-3-4-7-16-12/h3-4,6-7,15H,2,5,8-9H2,1H3. The molecule has 2 aromatic heterocycles. The first-order chi connectivity index (χ1) is 8.88. The normalized spacial score (nSPS) is 13.6. The molecule has 0 fully saturated rings. The zero-order chi connectivity index (χ0) is 12.4. The van der Waals surface area contributed by atoms with Crippen molar-refractivity contribution in [3.05, 3.63) is 41.3 Å². The number of aromatic nitrogens is 3. The summed E-state index contributed by atoms with van der Waals surface area (Å²) >= 11 is 0. The Kier molecular flexibility index (Phi) is 3.02. The maximum Gasteiger partial charge on any atom is 0.178 e. The van der Waals surface area contributed by atoms with Crippen LogP contribution in [0, 0.1) is 0 Å². The van der Waals surface area contributed by atoms with Crippen LogP contribution in [0.4, 0.5) is 0 Å². The summed E-state index contributed by atoms with van der Waals surface area (Å²) in [7, 11) is 0. The first kappa shape index (κ1) is 11.3. The predicted octanol–water partition coefficient (Wildman–Crippen LogP) is 2.09. The lowest BCUT2D eigenvalue weighted by molar-refractivity contribution is 0.753. The second-order valence-corrected chi connectivity index (χ2v) is 4.49. The van der Waals surface area contributed by atoms with Crippen LogP contribution in [0.1, 0.15) is 30.3 Å². The van der Waals surface area contributed by atoms with Crippen molar-refractivity contribution in [2.24, 2.45) is 0 Å². The fourth-order valence-corrected chi connectivity index (χ4v) is 2.29. The van der Waals surface area contributed by atoms with E-state index in [1.165, 1.54) is 11.3 Å². The summed E-state index contributed by atoms with van der Waals surface area (Å²) in [5, 5.41) is 3.34. The molecule has 0 spiro atoms. The van der Waals surface area contributed by atoms with Crippen LogP contribution in [0.2, 0.25) is 0 Å². The van der Waals surface area contributed by atoms with Crippen molar-refractivity contribution in [1.82, 2.24) is 20.3 Å². The molecular weight excluding hydrogens is 224 g/mol. The van der Waals surface area contributed by atoms with Crippen LogP contribution in [0.3, 0.4) is 0 Å². The monoisotopic (exact) mass is 240 g/mol. The van der Waals surface area contributed by atoms with Gasteiger partial charge in [0.05, 0.1) is 5.69 Å². The number of hydrogen-bond donors (Lipinski definition) is 1. The van der Waals surface area contributed by atoms with Gasteiger partial charge >= 0.3 is 0 Å². The topological polar surface area (TPSA) is 50.7 Å². The lowest BCUT2D eigenvalue weighted by Crippen LogP contribution is -2.04. The molecule has 0 aliphatic carbocycles. The van der Waals surface area contributed by atoms with Crippen molar-refractivity contribution in [3.63, 3.8) is 0 Å². The number of fused-ring (bicyclic) bond motifs is 1. The van der Waals surface area contributed by atoms with E-state index in [0.717, 1.165) is 43.1 Å². The molecular formula is C14H16N4. The SMILES string of the molecule is CCCc1nc(-c2ccccn2)nc2c1CNC2. The molecule has 0 amide bonds. The Labute approximate surface area is 107 Å². The Morgan fingerprint density at radius 3 is 2.94 bits per heavy atom. The molecule has 1 N–H and O–H groups in total. The second-order valence-electron chi connectivity index (χ2n) is 4.49. The van der Waals surface area contributed by atoms with Gasteiger partial charge in [-0.1, -0.05) is 19.4 Å². The van der Waals surface area contributed by atoms with Gasteiger partial charge in [0, 0.05) is 30.5 Å². The molecule has 0 atom stereocenters. The largest absolute Gasteiger partial charge is 0.307 e. The fraction of sp³-hybridized carbons (Fsp3) is 0.357. The van der Waals surface area contributed by atoms with Gasteiger partial charge in [-0.3, -0.25) is 4.98 Å². The molecule has 3 heterocycles. The average molecular weight is 240 g/mol. The van der Waals surface area contributed by atoms with Crippen molar-refractivity contribution in [1.29, 1.82) is 0 Å². The fourth-order valence-electron chi connectivity index (χ4n) is 2.29. The van der Waals surface area contributed by atoms with Gasteiger partial charge in [0.15, 0.2) is 5.82 Å². The summed E-state index contributed by atoms with van der Waals surface area (Å²) in [4.78, 5) is 13.7. The lowest BCUT2D eigenvalue weighted by Gasteiger charge is -2.08. The minimum Gasteiger partial charge on any atom is -0.307 e. The number of aryl methyl sites for hydroxylation is 1. The van der Waals surface area contributed by atoms with Crippen LogP contribution in [0.15, 0.2) is 24.4 Å². The Morgan fingerprint density at radius 2 is 2.17 bits per heavy atom. The number of rotatable bonds is 3. The second kappa shape index (κ2) is 4.82. The Morgan fingerprint density at radius 1 is 1.22 bits per heavy atom. The van der Waals surface area contributed by atoms with Gasteiger partial charge in [0.1, 0.15) is 5.69 Å². The molecule has 4 heteroatoms. The van der Waals surface area contributed by atoms with E-state index in [1.54, 1.807) is 6.20 Å². The van der Waals surface area contributed by atoms with Gasteiger partial charge in [-0.05, 0) is 18.6 Å². The number of pyridine rings is 1. The Hall–Kier alpha value is -1.81. The van der Waals surface area contributed by atoms with Crippen LogP contribution < -0.4 is 5.32 Å². The van der Waals surface area contributed by atoms with Crippen molar-refractivity contribution >= 4 is 0 Å². The highest BCUT2D eigenvalue weighted by molar-refractivity contribution is 5.50. The highest BCUT2D eigenvalue weighted by Gasteiger charge is 2.19.